The summed E-state index contributed by atoms with van der Waals surface area (Å²) in [7, 11) is 0. The Morgan fingerprint density at radius 2 is 1.72 bits per heavy atom. The van der Waals surface area contributed by atoms with Gasteiger partial charge in [0.15, 0.2) is 5.96 Å². The highest BCUT2D eigenvalue weighted by molar-refractivity contribution is 5.76. The topological polar surface area (TPSA) is 67.6 Å². The van der Waals surface area contributed by atoms with Crippen molar-refractivity contribution in [1.82, 2.24) is 4.90 Å². The first-order valence-corrected chi connectivity index (χ1v) is 10.9. The molecule has 4 N–H and O–H groups in total. The molecule has 0 bridgehead atoms. The van der Waals surface area contributed by atoms with E-state index in [2.05, 4.69) is 62.0 Å². The molecule has 2 fully saturated rings. The average Bonchev–Trinajstić information content (AvgIpc) is 3.10. The first-order valence-electron chi connectivity index (χ1n) is 10.9. The zero-order valence-electron chi connectivity index (χ0n) is 18.9. The second kappa shape index (κ2) is 10.5. The molecule has 4 heteroatoms. The van der Waals surface area contributed by atoms with E-state index in [0.717, 1.165) is 30.4 Å². The number of nitrogens with two attached hydrogens (primary N) is 2. The monoisotopic (exact) mass is 396 g/mol. The fourth-order valence-corrected chi connectivity index (χ4v) is 4.48. The Kier molecular flexibility index (Phi) is 8.36. The van der Waals surface area contributed by atoms with E-state index in [1.54, 1.807) is 0 Å². The summed E-state index contributed by atoms with van der Waals surface area (Å²) in [5.41, 5.74) is 16.8. The maximum Gasteiger partial charge on any atom is 0.190 e. The number of rotatable bonds is 4. The summed E-state index contributed by atoms with van der Waals surface area (Å²) in [5, 5.41) is 0. The third-order valence-electron chi connectivity index (χ3n) is 6.29. The molecule has 0 aromatic heterocycles. The molecule has 1 heterocycles. The molecule has 1 aromatic rings. The molecule has 0 amide bonds. The second-order valence-electron chi connectivity index (χ2n) is 8.98. The highest BCUT2D eigenvalue weighted by atomic mass is 15.2. The average molecular weight is 397 g/mol. The lowest BCUT2D eigenvalue weighted by atomic mass is 9.84. The van der Waals surface area contributed by atoms with Crippen LogP contribution in [0.25, 0.3) is 0 Å². The summed E-state index contributed by atoms with van der Waals surface area (Å²) in [6.07, 6.45) is 7.44. The van der Waals surface area contributed by atoms with Crippen LogP contribution in [-0.2, 0) is 0 Å². The van der Waals surface area contributed by atoms with E-state index in [0.29, 0.717) is 5.92 Å². The van der Waals surface area contributed by atoms with Crippen LogP contribution in [0, 0.1) is 25.7 Å². The molecular formula is C25H40N4. The Hall–Kier alpha value is -2.23. The van der Waals surface area contributed by atoms with E-state index in [1.165, 1.54) is 48.8 Å². The summed E-state index contributed by atoms with van der Waals surface area (Å²) >= 11 is 0. The van der Waals surface area contributed by atoms with Crippen molar-refractivity contribution in [3.05, 3.63) is 59.4 Å². The van der Waals surface area contributed by atoms with Gasteiger partial charge in [-0.2, -0.15) is 0 Å². The minimum atomic E-state index is 0.0680. The standard InChI is InChI=1S/C18H26N4.C7H14/c1-11(2)22-9-16(14(5)21-18(19)20)17(10-22)15-8-12(3)6-7-13(15)4;1-7-5-3-2-4-6-7/h6-8,16-17H,1,5,9-10H2,2-4H3,(H4,19,20,21);7H,2-6H2,1H3. The van der Waals surface area contributed by atoms with Crippen LogP contribution in [0.2, 0.25) is 0 Å². The zero-order valence-corrected chi connectivity index (χ0v) is 18.9. The quantitative estimate of drug-likeness (QED) is 0.541. The number of aliphatic imine (C=N–C) groups is 1. The number of allylic oxidation sites excluding steroid dienone is 1. The van der Waals surface area contributed by atoms with Crippen LogP contribution >= 0.6 is 0 Å². The van der Waals surface area contributed by atoms with Gasteiger partial charge in [0.2, 0.25) is 0 Å². The Bertz CT molecular complexity index is 739. The third kappa shape index (κ3) is 6.66. The molecule has 3 rings (SSSR count). The fourth-order valence-electron chi connectivity index (χ4n) is 4.48. The molecule has 2 aliphatic rings. The highest BCUT2D eigenvalue weighted by Crippen LogP contribution is 2.39. The first-order chi connectivity index (χ1) is 13.7. The van der Waals surface area contributed by atoms with Gasteiger partial charge < -0.3 is 16.4 Å². The van der Waals surface area contributed by atoms with Gasteiger partial charge in [0, 0.05) is 36.3 Å². The maximum absolute atomic E-state index is 5.53. The van der Waals surface area contributed by atoms with Crippen LogP contribution in [0.15, 0.2) is 47.7 Å². The molecule has 1 saturated heterocycles. The number of aryl methyl sites for hydroxylation is 2. The Morgan fingerprint density at radius 3 is 2.24 bits per heavy atom. The fraction of sp³-hybridized carbons (Fsp3) is 0.560. The molecule has 1 aliphatic heterocycles. The zero-order chi connectivity index (χ0) is 21.6. The van der Waals surface area contributed by atoms with E-state index < -0.39 is 0 Å². The van der Waals surface area contributed by atoms with Crippen molar-refractivity contribution in [1.29, 1.82) is 0 Å². The predicted molar refractivity (Wildman–Crippen MR) is 126 cm³/mol. The van der Waals surface area contributed by atoms with Crippen LogP contribution in [0.5, 0.6) is 0 Å². The van der Waals surface area contributed by atoms with Crippen molar-refractivity contribution in [3.8, 4) is 0 Å². The van der Waals surface area contributed by atoms with E-state index >= 15 is 0 Å². The molecular weight excluding hydrogens is 356 g/mol. The smallest absolute Gasteiger partial charge is 0.190 e. The summed E-state index contributed by atoms with van der Waals surface area (Å²) in [6, 6.07) is 6.58. The lowest BCUT2D eigenvalue weighted by Gasteiger charge is -2.21. The summed E-state index contributed by atoms with van der Waals surface area (Å²) < 4.78 is 0. The van der Waals surface area contributed by atoms with Crippen molar-refractivity contribution in [2.24, 2.45) is 28.3 Å². The first kappa shape index (κ1) is 23.1. The van der Waals surface area contributed by atoms with Crippen molar-refractivity contribution in [2.45, 2.75) is 65.7 Å². The van der Waals surface area contributed by atoms with Gasteiger partial charge in [-0.1, -0.05) is 75.9 Å². The normalized spacial score (nSPS) is 21.9. The Morgan fingerprint density at radius 1 is 1.07 bits per heavy atom. The minimum absolute atomic E-state index is 0.0680. The molecule has 1 saturated carbocycles. The number of benzene rings is 1. The highest BCUT2D eigenvalue weighted by Gasteiger charge is 2.36. The van der Waals surface area contributed by atoms with Gasteiger partial charge in [-0.3, -0.25) is 0 Å². The molecule has 4 nitrogen and oxygen atoms in total. The van der Waals surface area contributed by atoms with Gasteiger partial charge >= 0.3 is 0 Å². The van der Waals surface area contributed by atoms with Crippen LogP contribution < -0.4 is 11.5 Å². The van der Waals surface area contributed by atoms with Crippen molar-refractivity contribution >= 4 is 5.96 Å². The van der Waals surface area contributed by atoms with E-state index in [1.807, 2.05) is 6.92 Å². The van der Waals surface area contributed by atoms with Crippen molar-refractivity contribution in [2.75, 3.05) is 13.1 Å². The molecule has 1 aliphatic carbocycles. The van der Waals surface area contributed by atoms with Crippen LogP contribution in [-0.4, -0.2) is 23.9 Å². The molecule has 29 heavy (non-hydrogen) atoms. The van der Waals surface area contributed by atoms with E-state index in [-0.39, 0.29) is 11.9 Å². The molecule has 0 radical (unpaired) electrons. The second-order valence-corrected chi connectivity index (χ2v) is 8.98. The van der Waals surface area contributed by atoms with Gasteiger partial charge in [0.05, 0.1) is 0 Å². The number of nitrogens with zero attached hydrogens (tertiary/aromatic N) is 2. The van der Waals surface area contributed by atoms with Crippen LogP contribution in [0.4, 0.5) is 0 Å². The van der Waals surface area contributed by atoms with Crippen LogP contribution in [0.1, 0.15) is 68.6 Å². The molecule has 160 valence electrons. The third-order valence-corrected chi connectivity index (χ3v) is 6.29. The number of likely N-dealkylation sites (tertiary alicyclic amines) is 1. The van der Waals surface area contributed by atoms with Gasteiger partial charge in [-0.05, 0) is 37.8 Å². The number of hydrogen-bond acceptors (Lipinski definition) is 2. The van der Waals surface area contributed by atoms with Gasteiger partial charge in [-0.25, -0.2) is 4.99 Å². The summed E-state index contributed by atoms with van der Waals surface area (Å²) in [5.74, 6) is 1.62. The maximum atomic E-state index is 5.53. The number of guanidine groups is 1. The molecule has 1 aromatic carbocycles. The van der Waals surface area contributed by atoms with Gasteiger partial charge in [0.25, 0.3) is 0 Å². The SMILES string of the molecule is C=C(N=C(N)N)C1CN(C(=C)C)CC1c1cc(C)ccc1C.CC1CCCCC1. The Labute approximate surface area is 177 Å². The van der Waals surface area contributed by atoms with E-state index in [4.69, 9.17) is 11.5 Å². The number of hydrogen-bond donors (Lipinski definition) is 2. The van der Waals surface area contributed by atoms with Gasteiger partial charge in [-0.15, -0.1) is 0 Å². The summed E-state index contributed by atoms with van der Waals surface area (Å²) in [6.45, 7) is 18.6. The molecule has 2 atom stereocenters. The minimum Gasteiger partial charge on any atom is -0.374 e. The summed E-state index contributed by atoms with van der Waals surface area (Å²) in [4.78, 5) is 6.48. The molecule has 0 spiro atoms. The largest absolute Gasteiger partial charge is 0.374 e. The van der Waals surface area contributed by atoms with Crippen molar-refractivity contribution < 1.29 is 0 Å². The van der Waals surface area contributed by atoms with E-state index in [9.17, 15) is 0 Å². The predicted octanol–water partition coefficient (Wildman–Crippen LogP) is 5.23. The van der Waals surface area contributed by atoms with Crippen LogP contribution in [0.3, 0.4) is 0 Å². The lowest BCUT2D eigenvalue weighted by Crippen LogP contribution is -2.24. The lowest BCUT2D eigenvalue weighted by molar-refractivity contribution is 0.385. The van der Waals surface area contributed by atoms with Crippen molar-refractivity contribution in [3.63, 3.8) is 0 Å². The van der Waals surface area contributed by atoms with Gasteiger partial charge in [0.1, 0.15) is 0 Å². The molecule has 2 unspecified atom stereocenters. The Balaban J connectivity index is 0.000000360.